The standard InChI is InChI=1S/C21H23N3O5/c25-19(16-5-2-11-29-16)17-18(15-4-1-6-22-14-15)24(21(27)20(17)26)8-3-7-23-9-12-28-13-10-23/h1-2,4-6,11,14,17-18H,3,7-10,12-13H2. The van der Waals surface area contributed by atoms with E-state index in [2.05, 4.69) is 9.88 Å². The van der Waals surface area contributed by atoms with Crippen LogP contribution in [-0.2, 0) is 14.3 Å². The maximum atomic E-state index is 13.0. The van der Waals surface area contributed by atoms with Crippen LogP contribution in [0.2, 0.25) is 0 Å². The van der Waals surface area contributed by atoms with Gasteiger partial charge in [-0.25, -0.2) is 0 Å². The molecule has 0 radical (unpaired) electrons. The van der Waals surface area contributed by atoms with Crippen LogP contribution in [0, 0.1) is 5.92 Å². The Morgan fingerprint density at radius 1 is 1.14 bits per heavy atom. The van der Waals surface area contributed by atoms with Crippen LogP contribution in [0.5, 0.6) is 0 Å². The number of pyridine rings is 1. The predicted molar refractivity (Wildman–Crippen MR) is 102 cm³/mol. The molecule has 4 heterocycles. The van der Waals surface area contributed by atoms with E-state index in [9.17, 15) is 14.4 Å². The van der Waals surface area contributed by atoms with E-state index >= 15 is 0 Å². The summed E-state index contributed by atoms with van der Waals surface area (Å²) in [7, 11) is 0. The van der Waals surface area contributed by atoms with E-state index in [0.29, 0.717) is 31.7 Å². The van der Waals surface area contributed by atoms with Crippen LogP contribution in [0.1, 0.15) is 28.6 Å². The first-order valence-electron chi connectivity index (χ1n) is 9.79. The number of Topliss-reactive ketones (excluding diaryl/α,β-unsaturated/α-hetero) is 2. The van der Waals surface area contributed by atoms with Gasteiger partial charge in [-0.15, -0.1) is 0 Å². The van der Waals surface area contributed by atoms with Gasteiger partial charge in [-0.2, -0.15) is 0 Å². The van der Waals surface area contributed by atoms with Gasteiger partial charge in [0.15, 0.2) is 5.76 Å². The number of nitrogens with zero attached hydrogens (tertiary/aromatic N) is 3. The summed E-state index contributed by atoms with van der Waals surface area (Å²) in [6.07, 6.45) is 5.31. The molecule has 1 amide bonds. The van der Waals surface area contributed by atoms with Crippen molar-refractivity contribution in [3.63, 3.8) is 0 Å². The van der Waals surface area contributed by atoms with Crippen LogP contribution in [0.3, 0.4) is 0 Å². The number of hydrogen-bond donors (Lipinski definition) is 0. The Hall–Kier alpha value is -2.84. The van der Waals surface area contributed by atoms with Crippen LogP contribution in [0.4, 0.5) is 0 Å². The molecular formula is C21H23N3O5. The molecule has 2 aromatic rings. The third kappa shape index (κ3) is 3.99. The van der Waals surface area contributed by atoms with Crippen molar-refractivity contribution in [3.8, 4) is 0 Å². The molecule has 2 aliphatic rings. The maximum absolute atomic E-state index is 13.0. The summed E-state index contributed by atoms with van der Waals surface area (Å²) in [4.78, 5) is 46.5. The second-order valence-electron chi connectivity index (χ2n) is 7.22. The molecule has 0 aliphatic carbocycles. The molecular weight excluding hydrogens is 374 g/mol. The van der Waals surface area contributed by atoms with Gasteiger partial charge in [-0.05, 0) is 30.2 Å². The monoisotopic (exact) mass is 397 g/mol. The van der Waals surface area contributed by atoms with Gasteiger partial charge in [-0.1, -0.05) is 6.07 Å². The third-order valence-electron chi connectivity index (χ3n) is 5.46. The molecule has 2 unspecified atom stereocenters. The summed E-state index contributed by atoms with van der Waals surface area (Å²) in [6, 6.07) is 5.96. The Labute approximate surface area is 168 Å². The average molecular weight is 397 g/mol. The Kier molecular flexibility index (Phi) is 5.82. The van der Waals surface area contributed by atoms with Crippen LogP contribution in [-0.4, -0.2) is 71.7 Å². The first-order chi connectivity index (χ1) is 14.2. The number of furan rings is 1. The van der Waals surface area contributed by atoms with Crippen molar-refractivity contribution in [2.75, 3.05) is 39.4 Å². The van der Waals surface area contributed by atoms with Gasteiger partial charge in [0.05, 0.1) is 25.5 Å². The molecule has 29 heavy (non-hydrogen) atoms. The topological polar surface area (TPSA) is 93.0 Å². The van der Waals surface area contributed by atoms with E-state index in [-0.39, 0.29) is 5.76 Å². The van der Waals surface area contributed by atoms with E-state index < -0.39 is 29.4 Å². The number of rotatable bonds is 7. The number of amides is 1. The second kappa shape index (κ2) is 8.67. The molecule has 2 atom stereocenters. The highest BCUT2D eigenvalue weighted by atomic mass is 16.5. The van der Waals surface area contributed by atoms with Crippen LogP contribution < -0.4 is 0 Å². The summed E-state index contributed by atoms with van der Waals surface area (Å²) in [6.45, 7) is 4.33. The molecule has 8 heteroatoms. The van der Waals surface area contributed by atoms with Crippen molar-refractivity contribution in [3.05, 3.63) is 54.2 Å². The van der Waals surface area contributed by atoms with Crippen molar-refractivity contribution in [2.24, 2.45) is 5.92 Å². The highest BCUT2D eigenvalue weighted by molar-refractivity contribution is 6.43. The van der Waals surface area contributed by atoms with Crippen LogP contribution >= 0.6 is 0 Å². The van der Waals surface area contributed by atoms with E-state index in [1.54, 1.807) is 30.6 Å². The Bertz CT molecular complexity index is 862. The minimum absolute atomic E-state index is 0.0835. The van der Waals surface area contributed by atoms with Crippen molar-refractivity contribution in [1.29, 1.82) is 0 Å². The van der Waals surface area contributed by atoms with Gasteiger partial charge in [-0.3, -0.25) is 24.3 Å². The molecule has 2 saturated heterocycles. The number of ether oxygens (including phenoxy) is 1. The van der Waals surface area contributed by atoms with Crippen molar-refractivity contribution in [2.45, 2.75) is 12.5 Å². The lowest BCUT2D eigenvalue weighted by atomic mass is 9.89. The fourth-order valence-corrected chi connectivity index (χ4v) is 4.01. The van der Waals surface area contributed by atoms with E-state index in [1.165, 1.54) is 17.2 Å². The SMILES string of the molecule is O=C1C(=O)N(CCCN2CCOCC2)C(c2cccnc2)C1C(=O)c1ccco1. The molecule has 152 valence electrons. The van der Waals surface area contributed by atoms with Crippen LogP contribution in [0.15, 0.2) is 47.3 Å². The predicted octanol–water partition coefficient (Wildman–Crippen LogP) is 1.35. The van der Waals surface area contributed by atoms with Crippen LogP contribution in [0.25, 0.3) is 0 Å². The van der Waals surface area contributed by atoms with Gasteiger partial charge >= 0.3 is 0 Å². The summed E-state index contributed by atoms with van der Waals surface area (Å²) in [5.41, 5.74) is 0.669. The van der Waals surface area contributed by atoms with E-state index in [1.807, 2.05) is 0 Å². The molecule has 0 aromatic carbocycles. The molecule has 8 nitrogen and oxygen atoms in total. The highest BCUT2D eigenvalue weighted by Crippen LogP contribution is 2.38. The maximum Gasteiger partial charge on any atom is 0.291 e. The average Bonchev–Trinajstić information content (AvgIpc) is 3.38. The number of carbonyl (C=O) groups is 3. The van der Waals surface area contributed by atoms with E-state index in [0.717, 1.165) is 19.6 Å². The van der Waals surface area contributed by atoms with Crippen molar-refractivity contribution >= 4 is 17.5 Å². The van der Waals surface area contributed by atoms with Gasteiger partial charge in [0.1, 0.15) is 5.92 Å². The molecule has 4 rings (SSSR count). The van der Waals surface area contributed by atoms with Gasteiger partial charge in [0, 0.05) is 38.6 Å². The summed E-state index contributed by atoms with van der Waals surface area (Å²) in [5, 5.41) is 0. The zero-order valence-electron chi connectivity index (χ0n) is 16.0. The molecule has 2 aromatic heterocycles. The Morgan fingerprint density at radius 2 is 1.97 bits per heavy atom. The van der Waals surface area contributed by atoms with Gasteiger partial charge in [0.25, 0.3) is 5.91 Å². The minimum Gasteiger partial charge on any atom is -0.461 e. The van der Waals surface area contributed by atoms with Gasteiger partial charge < -0.3 is 14.1 Å². The summed E-state index contributed by atoms with van der Waals surface area (Å²) >= 11 is 0. The lowest BCUT2D eigenvalue weighted by Crippen LogP contribution is -2.39. The zero-order valence-corrected chi connectivity index (χ0v) is 16.0. The lowest BCUT2D eigenvalue weighted by molar-refractivity contribution is -0.140. The Morgan fingerprint density at radius 3 is 2.66 bits per heavy atom. The molecule has 2 aliphatic heterocycles. The molecule has 0 N–H and O–H groups in total. The fourth-order valence-electron chi connectivity index (χ4n) is 4.01. The number of morpholine rings is 1. The quantitative estimate of drug-likeness (QED) is 0.395. The van der Waals surface area contributed by atoms with Crippen molar-refractivity contribution in [1.82, 2.24) is 14.8 Å². The van der Waals surface area contributed by atoms with Crippen molar-refractivity contribution < 1.29 is 23.5 Å². The minimum atomic E-state index is -1.12. The summed E-state index contributed by atoms with van der Waals surface area (Å²) < 4.78 is 10.6. The molecule has 2 fully saturated rings. The second-order valence-corrected chi connectivity index (χ2v) is 7.22. The lowest BCUT2D eigenvalue weighted by Gasteiger charge is -2.29. The fraction of sp³-hybridized carbons (Fsp3) is 0.429. The number of hydrogen-bond acceptors (Lipinski definition) is 7. The Balaban J connectivity index is 1.56. The zero-order chi connectivity index (χ0) is 20.2. The normalized spacial score (nSPS) is 23.0. The number of aromatic nitrogens is 1. The number of carbonyl (C=O) groups excluding carboxylic acids is 3. The molecule has 0 saturated carbocycles. The molecule has 0 bridgehead atoms. The largest absolute Gasteiger partial charge is 0.461 e. The number of ketones is 2. The smallest absolute Gasteiger partial charge is 0.291 e. The third-order valence-corrected chi connectivity index (χ3v) is 5.46. The first kappa shape index (κ1) is 19.5. The highest BCUT2D eigenvalue weighted by Gasteiger charge is 2.52. The molecule has 0 spiro atoms. The first-order valence-corrected chi connectivity index (χ1v) is 9.79. The number of likely N-dealkylation sites (tertiary alicyclic amines) is 1. The van der Waals surface area contributed by atoms with E-state index in [4.69, 9.17) is 9.15 Å². The van der Waals surface area contributed by atoms with Gasteiger partial charge in [0.2, 0.25) is 11.6 Å². The summed E-state index contributed by atoms with van der Waals surface area (Å²) in [5.74, 6) is -2.82.